The Bertz CT molecular complexity index is 783. The van der Waals surface area contributed by atoms with Gasteiger partial charge in [-0.05, 0) is 62.6 Å². The van der Waals surface area contributed by atoms with Crippen LogP contribution in [0.15, 0.2) is 48.5 Å². The van der Waals surface area contributed by atoms with E-state index >= 15 is 0 Å². The topological polar surface area (TPSA) is 55.4 Å². The van der Waals surface area contributed by atoms with Crippen molar-refractivity contribution in [2.24, 2.45) is 0 Å². The Morgan fingerprint density at radius 3 is 2.31 bits per heavy atom. The molecule has 0 aromatic heterocycles. The summed E-state index contributed by atoms with van der Waals surface area (Å²) in [5.41, 5.74) is 2.80. The fraction of sp³-hybridized carbons (Fsp3) is 0.440. The number of carbonyl (C=O) groups excluding carboxylic acids is 2. The smallest absolute Gasteiger partial charge is 0.338 e. The maximum atomic E-state index is 12.4. The molecule has 29 heavy (non-hydrogen) atoms. The van der Waals surface area contributed by atoms with E-state index in [2.05, 4.69) is 12.2 Å². The highest BCUT2D eigenvalue weighted by Crippen LogP contribution is 2.16. The van der Waals surface area contributed by atoms with E-state index in [1.807, 2.05) is 32.0 Å². The highest BCUT2D eigenvalue weighted by atomic mass is 16.5. The lowest BCUT2D eigenvalue weighted by Gasteiger charge is -2.16. The Morgan fingerprint density at radius 2 is 1.66 bits per heavy atom. The van der Waals surface area contributed by atoms with Crippen molar-refractivity contribution in [2.45, 2.75) is 71.8 Å². The van der Waals surface area contributed by atoms with Crippen LogP contribution in [0, 0.1) is 6.92 Å². The second kappa shape index (κ2) is 12.1. The average Bonchev–Trinajstić information content (AvgIpc) is 2.73. The molecule has 1 unspecified atom stereocenters. The zero-order valence-electron chi connectivity index (χ0n) is 17.9. The van der Waals surface area contributed by atoms with Gasteiger partial charge < -0.3 is 10.1 Å². The van der Waals surface area contributed by atoms with Crippen molar-refractivity contribution >= 4 is 17.6 Å². The number of amides is 1. The number of esters is 1. The first-order valence-corrected chi connectivity index (χ1v) is 10.7. The molecular weight excluding hydrogens is 362 g/mol. The Morgan fingerprint density at radius 1 is 0.931 bits per heavy atom. The van der Waals surface area contributed by atoms with Gasteiger partial charge in [-0.15, -0.1) is 0 Å². The number of rotatable bonds is 11. The normalized spacial score (nSPS) is 11.7. The molecule has 0 saturated carbocycles. The molecule has 0 bridgehead atoms. The maximum absolute atomic E-state index is 12.4. The lowest BCUT2D eigenvalue weighted by Crippen LogP contribution is -2.18. The number of aryl methyl sites for hydroxylation is 1. The summed E-state index contributed by atoms with van der Waals surface area (Å²) in [7, 11) is 0. The van der Waals surface area contributed by atoms with E-state index in [1.54, 1.807) is 30.3 Å². The van der Waals surface area contributed by atoms with Gasteiger partial charge in [0.15, 0.2) is 0 Å². The summed E-state index contributed by atoms with van der Waals surface area (Å²) in [6, 6.07) is 14.3. The molecular formula is C25H33NO3. The van der Waals surface area contributed by atoms with E-state index in [9.17, 15) is 9.59 Å². The van der Waals surface area contributed by atoms with Crippen LogP contribution in [-0.2, 0) is 4.74 Å². The third kappa shape index (κ3) is 7.72. The van der Waals surface area contributed by atoms with Crippen LogP contribution in [0.5, 0.6) is 0 Å². The molecule has 4 nitrogen and oxygen atoms in total. The third-order valence-corrected chi connectivity index (χ3v) is 5.02. The standard InChI is InChI=1S/C25H33NO3/c1-4-6-7-8-9-13-23(5-2)29-25(28)20-14-16-22(17-15-20)26-24(27)21-12-10-11-19(3)18-21/h10-12,14-18,23H,4-9,13H2,1-3H3,(H,26,27). The summed E-state index contributed by atoms with van der Waals surface area (Å²) in [5, 5.41) is 2.86. The van der Waals surface area contributed by atoms with E-state index in [0.29, 0.717) is 16.8 Å². The number of hydrogen-bond donors (Lipinski definition) is 1. The molecule has 1 N–H and O–H groups in total. The Labute approximate surface area is 174 Å². The zero-order chi connectivity index (χ0) is 21.1. The molecule has 156 valence electrons. The second-order valence-corrected chi connectivity index (χ2v) is 7.54. The summed E-state index contributed by atoms with van der Waals surface area (Å²) in [5.74, 6) is -0.472. The quantitative estimate of drug-likeness (QED) is 0.347. The zero-order valence-corrected chi connectivity index (χ0v) is 17.9. The first-order chi connectivity index (χ1) is 14.0. The number of anilines is 1. The highest BCUT2D eigenvalue weighted by Gasteiger charge is 2.15. The van der Waals surface area contributed by atoms with Crippen molar-refractivity contribution in [1.82, 2.24) is 0 Å². The van der Waals surface area contributed by atoms with Crippen molar-refractivity contribution in [1.29, 1.82) is 0 Å². The fourth-order valence-electron chi connectivity index (χ4n) is 3.22. The van der Waals surface area contributed by atoms with Crippen LogP contribution in [0.3, 0.4) is 0 Å². The molecule has 0 saturated heterocycles. The molecule has 0 radical (unpaired) electrons. The molecule has 4 heteroatoms. The van der Waals surface area contributed by atoms with Crippen LogP contribution in [0.2, 0.25) is 0 Å². The second-order valence-electron chi connectivity index (χ2n) is 7.54. The first kappa shape index (κ1) is 22.7. The lowest BCUT2D eigenvalue weighted by atomic mass is 10.1. The number of ether oxygens (including phenoxy) is 1. The molecule has 0 fully saturated rings. The van der Waals surface area contributed by atoms with Crippen molar-refractivity contribution in [3.8, 4) is 0 Å². The summed E-state index contributed by atoms with van der Waals surface area (Å²) < 4.78 is 5.67. The summed E-state index contributed by atoms with van der Waals surface area (Å²) in [6.45, 7) is 6.20. The van der Waals surface area contributed by atoms with E-state index in [1.165, 1.54) is 25.7 Å². The number of benzene rings is 2. The van der Waals surface area contributed by atoms with Crippen LogP contribution < -0.4 is 5.32 Å². The summed E-state index contributed by atoms with van der Waals surface area (Å²) in [4.78, 5) is 24.8. The number of carbonyl (C=O) groups is 2. The van der Waals surface area contributed by atoms with Crippen LogP contribution in [0.1, 0.15) is 85.1 Å². The Hall–Kier alpha value is -2.62. The first-order valence-electron chi connectivity index (χ1n) is 10.7. The molecule has 0 spiro atoms. The molecule has 2 aromatic rings. The van der Waals surface area contributed by atoms with Gasteiger partial charge in [-0.25, -0.2) is 4.79 Å². The molecule has 2 rings (SSSR count). The van der Waals surface area contributed by atoms with Crippen molar-refractivity contribution in [3.63, 3.8) is 0 Å². The molecule has 1 amide bonds. The van der Waals surface area contributed by atoms with Crippen molar-refractivity contribution in [3.05, 3.63) is 65.2 Å². The van der Waals surface area contributed by atoms with Gasteiger partial charge in [0, 0.05) is 11.3 Å². The molecule has 0 aliphatic rings. The average molecular weight is 396 g/mol. The predicted molar refractivity (Wildman–Crippen MR) is 118 cm³/mol. The molecule has 0 aliphatic carbocycles. The maximum Gasteiger partial charge on any atom is 0.338 e. The molecule has 2 aromatic carbocycles. The summed E-state index contributed by atoms with van der Waals surface area (Å²) >= 11 is 0. The SMILES string of the molecule is CCCCCCCC(CC)OC(=O)c1ccc(NC(=O)c2cccc(C)c2)cc1. The van der Waals surface area contributed by atoms with E-state index in [4.69, 9.17) is 4.74 Å². The largest absolute Gasteiger partial charge is 0.459 e. The van der Waals surface area contributed by atoms with Crippen LogP contribution in [0.25, 0.3) is 0 Å². The Balaban J connectivity index is 1.86. The number of unbranched alkanes of at least 4 members (excludes halogenated alkanes) is 4. The van der Waals surface area contributed by atoms with Gasteiger partial charge in [0.1, 0.15) is 6.10 Å². The molecule has 0 aliphatic heterocycles. The van der Waals surface area contributed by atoms with Gasteiger partial charge in [0.2, 0.25) is 0 Å². The van der Waals surface area contributed by atoms with Crippen LogP contribution in [-0.4, -0.2) is 18.0 Å². The highest BCUT2D eigenvalue weighted by molar-refractivity contribution is 6.04. The molecule has 1 atom stereocenters. The third-order valence-electron chi connectivity index (χ3n) is 5.02. The number of hydrogen-bond acceptors (Lipinski definition) is 3. The van der Waals surface area contributed by atoms with Crippen LogP contribution >= 0.6 is 0 Å². The summed E-state index contributed by atoms with van der Waals surface area (Å²) in [6.07, 6.45) is 7.73. The van der Waals surface area contributed by atoms with Crippen molar-refractivity contribution in [2.75, 3.05) is 5.32 Å². The fourth-order valence-corrected chi connectivity index (χ4v) is 3.22. The monoisotopic (exact) mass is 395 g/mol. The van der Waals surface area contributed by atoms with Gasteiger partial charge in [0.05, 0.1) is 5.56 Å². The van der Waals surface area contributed by atoms with Gasteiger partial charge in [-0.3, -0.25) is 4.79 Å². The lowest BCUT2D eigenvalue weighted by molar-refractivity contribution is 0.0267. The minimum absolute atomic E-state index is 0.0372. The predicted octanol–water partition coefficient (Wildman–Crippen LogP) is 6.54. The van der Waals surface area contributed by atoms with E-state index in [-0.39, 0.29) is 18.0 Å². The van der Waals surface area contributed by atoms with E-state index < -0.39 is 0 Å². The Kier molecular flexibility index (Phi) is 9.42. The number of nitrogens with one attached hydrogen (secondary N) is 1. The van der Waals surface area contributed by atoms with E-state index in [0.717, 1.165) is 24.8 Å². The van der Waals surface area contributed by atoms with Gasteiger partial charge in [-0.1, -0.05) is 57.2 Å². The minimum atomic E-state index is -0.304. The molecule has 0 heterocycles. The van der Waals surface area contributed by atoms with Crippen molar-refractivity contribution < 1.29 is 14.3 Å². The van der Waals surface area contributed by atoms with Gasteiger partial charge >= 0.3 is 5.97 Å². The van der Waals surface area contributed by atoms with Gasteiger partial charge in [0.25, 0.3) is 5.91 Å². The van der Waals surface area contributed by atoms with Gasteiger partial charge in [-0.2, -0.15) is 0 Å². The van der Waals surface area contributed by atoms with Crippen LogP contribution in [0.4, 0.5) is 5.69 Å². The minimum Gasteiger partial charge on any atom is -0.459 e.